The molecular weight excluding hydrogens is 432 g/mol. The van der Waals surface area contributed by atoms with Gasteiger partial charge in [0.1, 0.15) is 0 Å². The minimum absolute atomic E-state index is 0.0607. The highest BCUT2D eigenvalue weighted by Gasteiger charge is 2.51. The van der Waals surface area contributed by atoms with Crippen LogP contribution in [0.3, 0.4) is 0 Å². The number of amides is 2. The predicted molar refractivity (Wildman–Crippen MR) is 135 cm³/mol. The number of carbonyl (C=O) groups is 2. The maximum atomic E-state index is 12.8. The van der Waals surface area contributed by atoms with Crippen LogP contribution >= 0.6 is 12.2 Å². The number of anilines is 2. The molecule has 1 saturated heterocycles. The highest BCUT2D eigenvalue weighted by Crippen LogP contribution is 2.61. The van der Waals surface area contributed by atoms with E-state index in [-0.39, 0.29) is 17.2 Å². The van der Waals surface area contributed by atoms with Gasteiger partial charge in [-0.15, -0.1) is 0 Å². The van der Waals surface area contributed by atoms with Gasteiger partial charge in [0.05, 0.1) is 0 Å². The van der Waals surface area contributed by atoms with Crippen molar-refractivity contribution >= 4 is 40.5 Å². The van der Waals surface area contributed by atoms with Gasteiger partial charge in [-0.2, -0.15) is 0 Å². The molecule has 7 heteroatoms. The molecule has 5 aliphatic rings. The Kier molecular flexibility index (Phi) is 6.34. The minimum Gasteiger partial charge on any atom is -0.368 e. The van der Waals surface area contributed by atoms with Crippen molar-refractivity contribution in [2.45, 2.75) is 58.3 Å². The average molecular weight is 469 g/mol. The molecule has 6 nitrogen and oxygen atoms in total. The summed E-state index contributed by atoms with van der Waals surface area (Å²) in [5.74, 6) is 2.84. The number of piperazine rings is 1. The van der Waals surface area contributed by atoms with Gasteiger partial charge in [0.2, 0.25) is 11.8 Å². The van der Waals surface area contributed by atoms with Gasteiger partial charge >= 0.3 is 0 Å². The number of nitrogens with zero attached hydrogens (tertiary/aromatic N) is 2. The Labute approximate surface area is 202 Å². The van der Waals surface area contributed by atoms with Crippen molar-refractivity contribution < 1.29 is 9.59 Å². The minimum atomic E-state index is 0.0607. The molecule has 1 heterocycles. The fourth-order valence-corrected chi connectivity index (χ4v) is 7.61. The third-order valence-electron chi connectivity index (χ3n) is 8.38. The second-order valence-electron chi connectivity index (χ2n) is 10.9. The lowest BCUT2D eigenvalue weighted by atomic mass is 9.49. The van der Waals surface area contributed by atoms with E-state index in [0.717, 1.165) is 55.3 Å². The Bertz CT molecular complexity index is 872. The molecule has 1 aromatic rings. The number of thiocarbonyl (C=S) groups is 1. The molecule has 4 aliphatic carbocycles. The monoisotopic (exact) mass is 468 g/mol. The topological polar surface area (TPSA) is 64.7 Å². The molecule has 1 aromatic carbocycles. The first-order chi connectivity index (χ1) is 15.9. The highest BCUT2D eigenvalue weighted by atomic mass is 32.1. The van der Waals surface area contributed by atoms with E-state index in [1.807, 2.05) is 24.0 Å². The first kappa shape index (κ1) is 22.6. The summed E-state index contributed by atoms with van der Waals surface area (Å²) in [5.41, 5.74) is 2.24. The number of hydrogen-bond donors (Lipinski definition) is 2. The Morgan fingerprint density at radius 2 is 1.55 bits per heavy atom. The molecule has 0 radical (unpaired) electrons. The highest BCUT2D eigenvalue weighted by molar-refractivity contribution is 7.80. The molecule has 1 aliphatic heterocycles. The molecule has 2 N–H and O–H groups in total. The quantitative estimate of drug-likeness (QED) is 0.635. The molecule has 33 heavy (non-hydrogen) atoms. The Hall–Kier alpha value is -2.15. The Morgan fingerprint density at radius 3 is 2.09 bits per heavy atom. The second kappa shape index (κ2) is 9.24. The van der Waals surface area contributed by atoms with Crippen LogP contribution in [0.5, 0.6) is 0 Å². The fourth-order valence-electron chi connectivity index (χ4n) is 7.37. The van der Waals surface area contributed by atoms with E-state index in [9.17, 15) is 9.59 Å². The molecule has 178 valence electrons. The molecule has 4 bridgehead atoms. The SMILES string of the molecule is CCC(=O)N1CCN(c2ccc(NC(=S)NC(=O)CC34CC5CC(CC(C5)C3)C4)cc2)CC1. The zero-order chi connectivity index (χ0) is 23.0. The summed E-state index contributed by atoms with van der Waals surface area (Å²) in [6.07, 6.45) is 9.05. The molecule has 0 aromatic heterocycles. The van der Waals surface area contributed by atoms with Gasteiger partial charge in [-0.25, -0.2) is 0 Å². The van der Waals surface area contributed by atoms with E-state index >= 15 is 0 Å². The summed E-state index contributed by atoms with van der Waals surface area (Å²) in [6, 6.07) is 8.13. The smallest absolute Gasteiger partial charge is 0.226 e. The molecule has 4 saturated carbocycles. The lowest BCUT2D eigenvalue weighted by Gasteiger charge is -2.56. The lowest BCUT2D eigenvalue weighted by Crippen LogP contribution is -2.48. The third-order valence-corrected chi connectivity index (χ3v) is 8.58. The van der Waals surface area contributed by atoms with E-state index in [0.29, 0.717) is 18.0 Å². The van der Waals surface area contributed by atoms with Crippen molar-refractivity contribution in [3.05, 3.63) is 24.3 Å². The van der Waals surface area contributed by atoms with Gasteiger partial charge in [-0.05, 0) is 98.2 Å². The normalized spacial score (nSPS) is 30.3. The van der Waals surface area contributed by atoms with Gasteiger partial charge in [0, 0.05) is 50.4 Å². The Balaban J connectivity index is 1.10. The van der Waals surface area contributed by atoms with Crippen LogP contribution in [-0.4, -0.2) is 48.0 Å². The number of carbonyl (C=O) groups excluding carboxylic acids is 2. The summed E-state index contributed by atoms with van der Waals surface area (Å²) in [5, 5.41) is 6.48. The fraction of sp³-hybridized carbons (Fsp3) is 0.654. The van der Waals surface area contributed by atoms with Gasteiger partial charge in [-0.3, -0.25) is 9.59 Å². The average Bonchev–Trinajstić information content (AvgIpc) is 2.77. The van der Waals surface area contributed by atoms with Gasteiger partial charge in [-0.1, -0.05) is 6.92 Å². The van der Waals surface area contributed by atoms with Crippen molar-refractivity contribution in [3.63, 3.8) is 0 Å². The summed E-state index contributed by atoms with van der Waals surface area (Å²) < 4.78 is 0. The van der Waals surface area contributed by atoms with Gasteiger partial charge < -0.3 is 20.4 Å². The van der Waals surface area contributed by atoms with E-state index in [1.54, 1.807) is 0 Å². The van der Waals surface area contributed by atoms with Crippen molar-refractivity contribution in [2.24, 2.45) is 23.2 Å². The molecule has 0 atom stereocenters. The standard InChI is InChI=1S/C26H36N4O2S/c1-2-24(32)30-9-7-29(8-10-30)22-5-3-21(4-6-22)27-25(33)28-23(31)17-26-14-18-11-19(15-26)13-20(12-18)16-26/h3-6,18-20H,2,7-17H2,1H3,(H2,27,28,31,33). The lowest BCUT2D eigenvalue weighted by molar-refractivity contribution is -0.131. The van der Waals surface area contributed by atoms with Crippen LogP contribution < -0.4 is 15.5 Å². The molecular formula is C26H36N4O2S. The van der Waals surface area contributed by atoms with Crippen LogP contribution in [0.4, 0.5) is 11.4 Å². The van der Waals surface area contributed by atoms with Crippen LogP contribution in [0.2, 0.25) is 0 Å². The van der Waals surface area contributed by atoms with Crippen LogP contribution in [0, 0.1) is 23.2 Å². The van der Waals surface area contributed by atoms with Crippen molar-refractivity contribution in [3.8, 4) is 0 Å². The third kappa shape index (κ3) is 5.03. The molecule has 6 rings (SSSR count). The Morgan fingerprint density at radius 1 is 0.970 bits per heavy atom. The second-order valence-corrected chi connectivity index (χ2v) is 11.3. The van der Waals surface area contributed by atoms with E-state index in [4.69, 9.17) is 12.2 Å². The van der Waals surface area contributed by atoms with Crippen molar-refractivity contribution in [2.75, 3.05) is 36.4 Å². The summed E-state index contributed by atoms with van der Waals surface area (Å²) >= 11 is 5.44. The number of benzene rings is 1. The molecule has 2 amide bonds. The number of nitrogens with one attached hydrogen (secondary N) is 2. The number of hydrogen-bond acceptors (Lipinski definition) is 4. The van der Waals surface area contributed by atoms with Crippen LogP contribution in [0.25, 0.3) is 0 Å². The largest absolute Gasteiger partial charge is 0.368 e. The zero-order valence-electron chi connectivity index (χ0n) is 19.6. The first-order valence-electron chi connectivity index (χ1n) is 12.6. The van der Waals surface area contributed by atoms with E-state index in [2.05, 4.69) is 27.7 Å². The number of rotatable bonds is 5. The summed E-state index contributed by atoms with van der Waals surface area (Å²) in [6.45, 7) is 5.14. The predicted octanol–water partition coefficient (Wildman–Crippen LogP) is 4.16. The molecule has 0 spiro atoms. The van der Waals surface area contributed by atoms with Gasteiger partial charge in [0.15, 0.2) is 5.11 Å². The van der Waals surface area contributed by atoms with E-state index < -0.39 is 0 Å². The first-order valence-corrected chi connectivity index (χ1v) is 13.1. The molecule has 5 fully saturated rings. The zero-order valence-corrected chi connectivity index (χ0v) is 20.5. The van der Waals surface area contributed by atoms with Crippen LogP contribution in [0.1, 0.15) is 58.3 Å². The summed E-state index contributed by atoms with van der Waals surface area (Å²) in [4.78, 5) is 28.9. The van der Waals surface area contributed by atoms with Crippen molar-refractivity contribution in [1.82, 2.24) is 10.2 Å². The van der Waals surface area contributed by atoms with Crippen LogP contribution in [-0.2, 0) is 9.59 Å². The van der Waals surface area contributed by atoms with Crippen molar-refractivity contribution in [1.29, 1.82) is 0 Å². The van der Waals surface area contributed by atoms with Gasteiger partial charge in [0.25, 0.3) is 0 Å². The molecule has 0 unspecified atom stereocenters. The maximum absolute atomic E-state index is 12.8. The maximum Gasteiger partial charge on any atom is 0.226 e. The van der Waals surface area contributed by atoms with E-state index in [1.165, 1.54) is 38.5 Å². The van der Waals surface area contributed by atoms with Crippen LogP contribution in [0.15, 0.2) is 24.3 Å². The summed E-state index contributed by atoms with van der Waals surface area (Å²) in [7, 11) is 0.